The van der Waals surface area contributed by atoms with Crippen molar-refractivity contribution in [1.82, 2.24) is 9.29 Å². The summed E-state index contributed by atoms with van der Waals surface area (Å²) in [5.74, 6) is -0.470. The molecule has 0 saturated carbocycles. The molecule has 0 saturated heterocycles. The van der Waals surface area contributed by atoms with Gasteiger partial charge in [-0.2, -0.15) is 0 Å². The maximum atomic E-state index is 14.6. The Kier molecular flexibility index (Phi) is 5.00. The summed E-state index contributed by atoms with van der Waals surface area (Å²) in [6, 6.07) is 10.4. The molecule has 28 heavy (non-hydrogen) atoms. The van der Waals surface area contributed by atoms with Crippen LogP contribution in [-0.4, -0.2) is 19.4 Å². The maximum absolute atomic E-state index is 14.6. The van der Waals surface area contributed by atoms with Gasteiger partial charge in [0.05, 0.1) is 20.6 Å². The van der Waals surface area contributed by atoms with E-state index in [9.17, 15) is 12.8 Å². The highest BCUT2D eigenvalue weighted by atomic mass is 35.5. The average molecular weight is 439 g/mol. The third-order valence-corrected chi connectivity index (χ3v) is 7.49. The van der Waals surface area contributed by atoms with Crippen LogP contribution in [0.25, 0.3) is 11.3 Å². The van der Waals surface area contributed by atoms with Gasteiger partial charge >= 0.3 is 0 Å². The van der Waals surface area contributed by atoms with Crippen molar-refractivity contribution in [3.8, 4) is 11.3 Å². The fourth-order valence-corrected chi connectivity index (χ4v) is 5.52. The number of nitrogens with one attached hydrogen (secondary N) is 1. The molecule has 0 fully saturated rings. The molecule has 0 amide bonds. The van der Waals surface area contributed by atoms with E-state index < -0.39 is 15.8 Å². The highest BCUT2D eigenvalue weighted by Crippen LogP contribution is 2.42. The van der Waals surface area contributed by atoms with Gasteiger partial charge < -0.3 is 5.32 Å². The minimum Gasteiger partial charge on any atom is -0.313 e. The molecular formula is C20H17Cl2FN2O2S. The standard InChI is InChI=1S/C20H17Cl2FN2O2S/c1-24-19-9-7-13-15(19)11-25(20(13)14-4-2-3-5-18(14)23)28(26,27)12-6-8-16(21)17(22)10-12/h2-6,8,10-11,19,24H,7,9H2,1H3. The molecule has 4 nitrogen and oxygen atoms in total. The highest BCUT2D eigenvalue weighted by Gasteiger charge is 2.33. The zero-order chi connectivity index (χ0) is 20.1. The van der Waals surface area contributed by atoms with E-state index in [0.717, 1.165) is 17.5 Å². The maximum Gasteiger partial charge on any atom is 0.268 e. The van der Waals surface area contributed by atoms with Gasteiger partial charge in [0.2, 0.25) is 0 Å². The first-order chi connectivity index (χ1) is 13.3. The van der Waals surface area contributed by atoms with Crippen LogP contribution in [0.5, 0.6) is 0 Å². The van der Waals surface area contributed by atoms with Crippen molar-refractivity contribution in [2.75, 3.05) is 7.05 Å². The zero-order valence-electron chi connectivity index (χ0n) is 14.9. The van der Waals surface area contributed by atoms with Gasteiger partial charge in [-0.05, 0) is 61.3 Å². The predicted molar refractivity (Wildman–Crippen MR) is 109 cm³/mol. The summed E-state index contributed by atoms with van der Waals surface area (Å²) in [7, 11) is -2.18. The summed E-state index contributed by atoms with van der Waals surface area (Å²) >= 11 is 12.0. The lowest BCUT2D eigenvalue weighted by molar-refractivity contribution is 0.578. The lowest BCUT2D eigenvalue weighted by atomic mass is 10.1. The van der Waals surface area contributed by atoms with E-state index >= 15 is 0 Å². The van der Waals surface area contributed by atoms with Crippen LogP contribution in [0.2, 0.25) is 10.0 Å². The van der Waals surface area contributed by atoms with E-state index in [0.29, 0.717) is 12.1 Å². The molecule has 0 bridgehead atoms. The fraction of sp³-hybridized carbons (Fsp3) is 0.200. The average Bonchev–Trinajstić information content (AvgIpc) is 3.23. The first-order valence-corrected chi connectivity index (χ1v) is 10.9. The molecule has 1 unspecified atom stereocenters. The van der Waals surface area contributed by atoms with E-state index in [2.05, 4.69) is 5.32 Å². The van der Waals surface area contributed by atoms with Gasteiger partial charge in [0.1, 0.15) is 5.82 Å². The molecule has 1 heterocycles. The predicted octanol–water partition coefficient (Wildman–Crippen LogP) is 5.04. The highest BCUT2D eigenvalue weighted by molar-refractivity contribution is 7.90. The summed E-state index contributed by atoms with van der Waals surface area (Å²) in [6.07, 6.45) is 3.08. The number of benzene rings is 2. The van der Waals surface area contributed by atoms with Crippen LogP contribution in [0, 0.1) is 5.82 Å². The van der Waals surface area contributed by atoms with E-state index in [-0.39, 0.29) is 26.5 Å². The van der Waals surface area contributed by atoms with Crippen LogP contribution < -0.4 is 5.32 Å². The smallest absolute Gasteiger partial charge is 0.268 e. The lowest BCUT2D eigenvalue weighted by Crippen LogP contribution is -2.16. The Labute approximate surface area is 173 Å². The quantitative estimate of drug-likeness (QED) is 0.620. The number of nitrogens with zero attached hydrogens (tertiary/aromatic N) is 1. The van der Waals surface area contributed by atoms with E-state index in [1.54, 1.807) is 24.4 Å². The van der Waals surface area contributed by atoms with Gasteiger partial charge in [-0.25, -0.2) is 16.8 Å². The first kappa shape index (κ1) is 19.5. The minimum absolute atomic E-state index is 0.00540. The molecule has 0 aliphatic heterocycles. The van der Waals surface area contributed by atoms with Gasteiger partial charge in [0, 0.05) is 17.8 Å². The summed E-state index contributed by atoms with van der Waals surface area (Å²) in [5.41, 5.74) is 2.32. The van der Waals surface area contributed by atoms with Crippen LogP contribution in [0.3, 0.4) is 0 Å². The Morgan fingerprint density at radius 3 is 2.57 bits per heavy atom. The fourth-order valence-electron chi connectivity index (χ4n) is 3.72. The van der Waals surface area contributed by atoms with Crippen molar-refractivity contribution < 1.29 is 12.8 Å². The number of fused-ring (bicyclic) bond motifs is 1. The van der Waals surface area contributed by atoms with Crippen LogP contribution in [-0.2, 0) is 16.4 Å². The monoisotopic (exact) mass is 438 g/mol. The Morgan fingerprint density at radius 1 is 1.14 bits per heavy atom. The van der Waals surface area contributed by atoms with Gasteiger partial charge in [0.15, 0.2) is 0 Å². The molecule has 1 N–H and O–H groups in total. The van der Waals surface area contributed by atoms with Crippen molar-refractivity contribution in [2.24, 2.45) is 0 Å². The molecule has 8 heteroatoms. The minimum atomic E-state index is -4.00. The number of aromatic nitrogens is 1. The first-order valence-electron chi connectivity index (χ1n) is 8.71. The SMILES string of the molecule is CNC1CCc2c1cn(S(=O)(=O)c1ccc(Cl)c(Cl)c1)c2-c1ccccc1F. The molecular weight excluding hydrogens is 422 g/mol. The van der Waals surface area contributed by atoms with Gasteiger partial charge in [-0.1, -0.05) is 35.3 Å². The van der Waals surface area contributed by atoms with Crippen molar-refractivity contribution in [2.45, 2.75) is 23.8 Å². The van der Waals surface area contributed by atoms with Crippen molar-refractivity contribution in [3.05, 3.63) is 75.7 Å². The van der Waals surface area contributed by atoms with Crippen molar-refractivity contribution >= 4 is 33.2 Å². The summed E-state index contributed by atoms with van der Waals surface area (Å²) < 4.78 is 42.6. The largest absolute Gasteiger partial charge is 0.313 e. The third-order valence-electron chi connectivity index (χ3n) is 5.09. The number of hydrogen-bond acceptors (Lipinski definition) is 3. The Bertz CT molecular complexity index is 1170. The van der Waals surface area contributed by atoms with Gasteiger partial charge in [0.25, 0.3) is 10.0 Å². The van der Waals surface area contributed by atoms with Gasteiger partial charge in [-0.3, -0.25) is 0 Å². The van der Waals surface area contributed by atoms with Crippen molar-refractivity contribution in [1.29, 1.82) is 0 Å². The molecule has 0 radical (unpaired) electrons. The number of halogens is 3. The molecule has 1 aliphatic carbocycles. The molecule has 2 aromatic carbocycles. The molecule has 0 spiro atoms. The Hall–Kier alpha value is -1.86. The second-order valence-electron chi connectivity index (χ2n) is 6.65. The zero-order valence-corrected chi connectivity index (χ0v) is 17.2. The Morgan fingerprint density at radius 2 is 1.89 bits per heavy atom. The number of rotatable bonds is 4. The van der Waals surface area contributed by atoms with E-state index in [4.69, 9.17) is 23.2 Å². The molecule has 3 aromatic rings. The summed E-state index contributed by atoms with van der Waals surface area (Å²) in [4.78, 5) is -0.00540. The summed E-state index contributed by atoms with van der Waals surface area (Å²) in [6.45, 7) is 0. The number of hydrogen-bond donors (Lipinski definition) is 1. The normalized spacial score (nSPS) is 16.4. The molecule has 4 rings (SSSR count). The Balaban J connectivity index is 1.99. The van der Waals surface area contributed by atoms with E-state index in [1.165, 1.54) is 28.2 Å². The molecule has 1 aromatic heterocycles. The van der Waals surface area contributed by atoms with Crippen LogP contribution in [0.15, 0.2) is 53.6 Å². The van der Waals surface area contributed by atoms with Crippen LogP contribution >= 0.6 is 23.2 Å². The second kappa shape index (κ2) is 7.19. The van der Waals surface area contributed by atoms with E-state index in [1.807, 2.05) is 7.05 Å². The summed E-state index contributed by atoms with van der Waals surface area (Å²) in [5, 5.41) is 3.60. The van der Waals surface area contributed by atoms with Crippen LogP contribution in [0.4, 0.5) is 4.39 Å². The topological polar surface area (TPSA) is 51.1 Å². The van der Waals surface area contributed by atoms with Gasteiger partial charge in [-0.15, -0.1) is 0 Å². The molecule has 1 atom stereocenters. The second-order valence-corrected chi connectivity index (χ2v) is 9.28. The molecule has 1 aliphatic rings. The lowest BCUT2D eigenvalue weighted by Gasteiger charge is -2.14. The van der Waals surface area contributed by atoms with Crippen molar-refractivity contribution in [3.63, 3.8) is 0 Å². The molecule has 146 valence electrons. The van der Waals surface area contributed by atoms with Crippen LogP contribution in [0.1, 0.15) is 23.6 Å². The third kappa shape index (κ3) is 3.05.